The van der Waals surface area contributed by atoms with Gasteiger partial charge < -0.3 is 29.2 Å². The van der Waals surface area contributed by atoms with E-state index in [-0.39, 0.29) is 51.3 Å². The van der Waals surface area contributed by atoms with Crippen LogP contribution in [-0.4, -0.2) is 83.6 Å². The molecule has 2 atom stereocenters. The predicted molar refractivity (Wildman–Crippen MR) is 123 cm³/mol. The van der Waals surface area contributed by atoms with Crippen LogP contribution in [0.2, 0.25) is 0 Å². The first-order valence-corrected chi connectivity index (χ1v) is 11.4. The molecule has 223 valence electrons. The maximum absolute atomic E-state index is 12.4. The first kappa shape index (κ1) is 43.7. The molecule has 0 amide bonds. The summed E-state index contributed by atoms with van der Waals surface area (Å²) in [7, 11) is 0. The van der Waals surface area contributed by atoms with Crippen LogP contribution in [0.3, 0.4) is 0 Å². The summed E-state index contributed by atoms with van der Waals surface area (Å²) in [5.41, 5.74) is 0. The van der Waals surface area contributed by atoms with E-state index >= 15 is 0 Å². The Morgan fingerprint density at radius 2 is 0.842 bits per heavy atom. The van der Waals surface area contributed by atoms with Gasteiger partial charge in [0, 0.05) is 32.7 Å². The Morgan fingerprint density at radius 3 is 1.03 bits per heavy atom. The molecule has 0 aromatic rings. The maximum atomic E-state index is 12.4. The third kappa shape index (κ3) is 26.2. The van der Waals surface area contributed by atoms with E-state index in [1.807, 2.05) is 0 Å². The molecule has 0 bridgehead atoms. The van der Waals surface area contributed by atoms with Crippen molar-refractivity contribution in [2.24, 2.45) is 5.92 Å². The van der Waals surface area contributed by atoms with Crippen molar-refractivity contribution >= 4 is 23.9 Å². The Balaban J connectivity index is -0.000000253. The zero-order valence-corrected chi connectivity index (χ0v) is 26.0. The summed E-state index contributed by atoms with van der Waals surface area (Å²) in [4.78, 5) is 44.9. The van der Waals surface area contributed by atoms with E-state index in [1.54, 1.807) is 27.7 Å². The average molecular weight is 641 g/mol. The van der Waals surface area contributed by atoms with Gasteiger partial charge in [0.05, 0.1) is 24.4 Å². The second-order valence-corrected chi connectivity index (χ2v) is 8.60. The van der Waals surface area contributed by atoms with Crippen molar-refractivity contribution in [1.82, 2.24) is 0 Å². The Morgan fingerprint density at radius 1 is 0.579 bits per heavy atom. The minimum Gasteiger partial charge on any atom is -0.463 e. The Hall–Kier alpha value is -1.38. The minimum absolute atomic E-state index is 0. The number of carbonyl (C=O) groups is 4. The molecule has 0 aliphatic heterocycles. The minimum atomic E-state index is -3.24. The van der Waals surface area contributed by atoms with Crippen molar-refractivity contribution in [3.8, 4) is 0 Å². The first-order chi connectivity index (χ1) is 16.7. The number of hydrogen-bond acceptors (Lipinski definition) is 10. The molecule has 1 radical (unpaired) electrons. The SMILES string of the molecule is CC(C)OC(=O)C(C(=O)OC(C)C)C(O)C(F)F.CC(C)OC(=O)CC(=O)OC(C)C.CC(O)C(F)F.[Y]. The zero-order chi connectivity index (χ0) is 30.0. The molecule has 10 nitrogen and oxygen atoms in total. The van der Waals surface area contributed by atoms with E-state index in [1.165, 1.54) is 27.7 Å². The molecule has 0 aromatic carbocycles. The van der Waals surface area contributed by atoms with Crippen molar-refractivity contribution in [3.05, 3.63) is 0 Å². The molecule has 0 aromatic heterocycles. The largest absolute Gasteiger partial charge is 0.463 e. The topological polar surface area (TPSA) is 146 Å². The fourth-order valence-electron chi connectivity index (χ4n) is 1.86. The van der Waals surface area contributed by atoms with E-state index < -0.39 is 67.1 Å². The van der Waals surface area contributed by atoms with Crippen LogP contribution in [0.5, 0.6) is 0 Å². The first-order valence-electron chi connectivity index (χ1n) is 11.4. The van der Waals surface area contributed by atoms with Crippen LogP contribution in [0.4, 0.5) is 17.6 Å². The van der Waals surface area contributed by atoms with Gasteiger partial charge in [-0.25, -0.2) is 17.6 Å². The fraction of sp³-hybridized carbons (Fsp3) is 0.826. The fourth-order valence-corrected chi connectivity index (χ4v) is 1.86. The number of hydrogen-bond donors (Lipinski definition) is 2. The van der Waals surface area contributed by atoms with Crippen LogP contribution < -0.4 is 0 Å². The number of carbonyl (C=O) groups excluding carboxylic acids is 4. The standard InChI is InChI=1S/C11H18F2O5.C9H16O4.C3H6F2O.Y/c1-5(2)17-10(15)7(8(14)9(12)13)11(16)18-6(3)4;1-6(2)12-8(10)5-9(11)13-7(3)4;1-2(6)3(4)5;/h5-9,14H,1-4H3;6-7H,5H2,1-4H3;2-3,6H,1H3;. The summed E-state index contributed by atoms with van der Waals surface area (Å²) in [6, 6.07) is 0. The van der Waals surface area contributed by atoms with Gasteiger partial charge in [-0.3, -0.25) is 19.2 Å². The number of aliphatic hydroxyl groups excluding tert-OH is 2. The molecule has 2 N–H and O–H groups in total. The number of rotatable bonds is 11. The van der Waals surface area contributed by atoms with Gasteiger partial charge in [-0.1, -0.05) is 0 Å². The van der Waals surface area contributed by atoms with Crippen molar-refractivity contribution in [2.75, 3.05) is 0 Å². The number of esters is 4. The molecular weight excluding hydrogens is 601 g/mol. The van der Waals surface area contributed by atoms with Crippen molar-refractivity contribution in [2.45, 2.75) is 118 Å². The van der Waals surface area contributed by atoms with Crippen LogP contribution in [-0.2, 0) is 70.8 Å². The van der Waals surface area contributed by atoms with Crippen molar-refractivity contribution in [3.63, 3.8) is 0 Å². The van der Waals surface area contributed by atoms with Gasteiger partial charge in [0.2, 0.25) is 0 Å². The van der Waals surface area contributed by atoms with E-state index in [9.17, 15) is 41.8 Å². The van der Waals surface area contributed by atoms with Crippen LogP contribution in [0.15, 0.2) is 0 Å². The molecule has 0 aliphatic carbocycles. The van der Waals surface area contributed by atoms with E-state index in [0.717, 1.165) is 6.92 Å². The number of alkyl halides is 4. The van der Waals surface area contributed by atoms with Crippen molar-refractivity contribution in [1.29, 1.82) is 0 Å². The molecule has 0 saturated heterocycles. The Labute approximate surface area is 246 Å². The van der Waals surface area contributed by atoms with Gasteiger partial charge >= 0.3 is 23.9 Å². The van der Waals surface area contributed by atoms with Crippen LogP contribution >= 0.6 is 0 Å². The molecular formula is C23H40F4O10Y. The van der Waals surface area contributed by atoms with E-state index in [4.69, 9.17) is 14.6 Å². The Kier molecular flexibility index (Phi) is 27.0. The molecule has 15 heteroatoms. The molecule has 0 rings (SSSR count). The predicted octanol–water partition coefficient (Wildman–Crippen LogP) is 3.04. The van der Waals surface area contributed by atoms with Crippen LogP contribution in [0.1, 0.15) is 68.7 Å². The summed E-state index contributed by atoms with van der Waals surface area (Å²) in [6.07, 6.45) is -11.6. The number of halogens is 4. The van der Waals surface area contributed by atoms with Gasteiger partial charge in [-0.05, 0) is 62.3 Å². The molecule has 38 heavy (non-hydrogen) atoms. The van der Waals surface area contributed by atoms with Gasteiger partial charge in [-0.15, -0.1) is 0 Å². The second kappa shape index (κ2) is 23.5. The maximum Gasteiger partial charge on any atom is 0.323 e. The summed E-state index contributed by atoms with van der Waals surface area (Å²) < 4.78 is 65.5. The number of aliphatic hydroxyl groups is 2. The molecule has 0 heterocycles. The Bertz CT molecular complexity index is 627. The third-order valence-corrected chi connectivity index (χ3v) is 3.20. The molecule has 2 unspecified atom stereocenters. The van der Waals surface area contributed by atoms with E-state index in [2.05, 4.69) is 9.47 Å². The smallest absolute Gasteiger partial charge is 0.323 e. The summed E-state index contributed by atoms with van der Waals surface area (Å²) in [5, 5.41) is 17.1. The molecule has 0 fully saturated rings. The molecule has 0 aliphatic rings. The van der Waals surface area contributed by atoms with Gasteiger partial charge in [0.15, 0.2) is 5.92 Å². The normalized spacial score (nSPS) is 12.3. The zero-order valence-electron chi connectivity index (χ0n) is 23.2. The van der Waals surface area contributed by atoms with Gasteiger partial charge in [0.25, 0.3) is 12.9 Å². The average Bonchev–Trinajstić information content (AvgIpc) is 2.66. The molecule has 0 saturated carbocycles. The second-order valence-electron chi connectivity index (χ2n) is 8.60. The third-order valence-electron chi connectivity index (χ3n) is 3.20. The molecule has 0 spiro atoms. The summed E-state index contributed by atoms with van der Waals surface area (Å²) in [5.74, 6) is -5.55. The summed E-state index contributed by atoms with van der Waals surface area (Å²) >= 11 is 0. The van der Waals surface area contributed by atoms with Crippen molar-refractivity contribution < 1.29 is 98.6 Å². The van der Waals surface area contributed by atoms with Gasteiger partial charge in [0.1, 0.15) is 18.6 Å². The number of ether oxygens (including phenoxy) is 4. The van der Waals surface area contributed by atoms with Gasteiger partial charge in [-0.2, -0.15) is 0 Å². The van der Waals surface area contributed by atoms with E-state index in [0.29, 0.717) is 0 Å². The quantitative estimate of drug-likeness (QED) is 0.150. The van der Waals surface area contributed by atoms with Crippen LogP contribution in [0, 0.1) is 5.92 Å². The summed E-state index contributed by atoms with van der Waals surface area (Å²) in [6.45, 7) is 13.9. The monoisotopic (exact) mass is 641 g/mol. The van der Waals surface area contributed by atoms with Crippen LogP contribution in [0.25, 0.3) is 0 Å².